The minimum absolute atomic E-state index is 0. The number of rotatable bonds is 3. The van der Waals surface area contributed by atoms with Crippen LogP contribution in [0.15, 0.2) is 17.0 Å². The predicted octanol–water partition coefficient (Wildman–Crippen LogP) is 3.26. The van der Waals surface area contributed by atoms with Gasteiger partial charge < -0.3 is 10.2 Å². The number of halogens is 3. The van der Waals surface area contributed by atoms with Gasteiger partial charge in [0, 0.05) is 50.2 Å². The largest absolute Gasteiger partial charge is 0.337 e. The van der Waals surface area contributed by atoms with E-state index in [1.165, 1.54) is 11.8 Å². The summed E-state index contributed by atoms with van der Waals surface area (Å²) in [7, 11) is 0. The molecule has 2 aliphatic heterocycles. The molecule has 2 aliphatic rings. The van der Waals surface area contributed by atoms with Crippen LogP contribution in [0.5, 0.6) is 0 Å². The van der Waals surface area contributed by atoms with Crippen LogP contribution in [0.2, 0.25) is 10.0 Å². The number of carbonyl (C=O) groups excluding carboxylic acids is 1. The Kier molecular flexibility index (Phi) is 7.53. The molecule has 0 aliphatic carbocycles. The molecule has 134 valence electrons. The molecular formula is C16H22Cl3N3OS. The topological polar surface area (TPSA) is 35.6 Å². The number of nitrogens with zero attached hydrogens (tertiary/aromatic N) is 2. The first-order chi connectivity index (χ1) is 11.1. The molecule has 4 nitrogen and oxygen atoms in total. The molecule has 0 saturated carbocycles. The van der Waals surface area contributed by atoms with Crippen molar-refractivity contribution in [3.05, 3.63) is 27.7 Å². The predicted molar refractivity (Wildman–Crippen MR) is 104 cm³/mol. The van der Waals surface area contributed by atoms with Crippen molar-refractivity contribution in [1.82, 2.24) is 15.1 Å². The third kappa shape index (κ3) is 4.32. The fourth-order valence-corrected chi connectivity index (χ4v) is 4.48. The zero-order valence-electron chi connectivity index (χ0n) is 13.6. The Bertz CT molecular complexity index is 596. The van der Waals surface area contributed by atoms with Gasteiger partial charge in [0.05, 0.1) is 15.6 Å². The van der Waals surface area contributed by atoms with Gasteiger partial charge in [-0.25, -0.2) is 0 Å². The standard InChI is InChI=1S/C16H21Cl2N3OS.ClH/c1-23-15-8-12(13(17)9-14(15)18)16(22)21-5-2-11(10-21)20-6-3-19-4-7-20;/h8-9,11,19H,2-7,10H2,1H3;1H. The summed E-state index contributed by atoms with van der Waals surface area (Å²) in [5.41, 5.74) is 0.557. The molecule has 8 heteroatoms. The second kappa shape index (κ2) is 8.97. The molecule has 1 aromatic carbocycles. The van der Waals surface area contributed by atoms with Crippen molar-refractivity contribution in [1.29, 1.82) is 0 Å². The second-order valence-electron chi connectivity index (χ2n) is 5.95. The number of piperazine rings is 1. The smallest absolute Gasteiger partial charge is 0.255 e. The normalized spacial score (nSPS) is 21.6. The van der Waals surface area contributed by atoms with Gasteiger partial charge in [-0.1, -0.05) is 23.2 Å². The number of benzene rings is 1. The van der Waals surface area contributed by atoms with E-state index >= 15 is 0 Å². The molecule has 3 rings (SSSR count). The van der Waals surface area contributed by atoms with Crippen LogP contribution in [0, 0.1) is 0 Å². The lowest BCUT2D eigenvalue weighted by molar-refractivity contribution is 0.0773. The van der Waals surface area contributed by atoms with Crippen LogP contribution in [0.1, 0.15) is 16.8 Å². The number of amides is 1. The Morgan fingerprint density at radius 1 is 1.21 bits per heavy atom. The lowest BCUT2D eigenvalue weighted by Gasteiger charge is -2.32. The number of carbonyl (C=O) groups is 1. The molecule has 1 N–H and O–H groups in total. The number of likely N-dealkylation sites (tertiary alicyclic amines) is 1. The van der Waals surface area contributed by atoms with Gasteiger partial charge in [-0.2, -0.15) is 0 Å². The first-order valence-electron chi connectivity index (χ1n) is 7.87. The van der Waals surface area contributed by atoms with E-state index in [9.17, 15) is 4.79 Å². The summed E-state index contributed by atoms with van der Waals surface area (Å²) in [5, 5.41) is 4.40. The molecule has 24 heavy (non-hydrogen) atoms. The molecule has 1 aromatic rings. The maximum atomic E-state index is 12.8. The summed E-state index contributed by atoms with van der Waals surface area (Å²) in [4.78, 5) is 18.1. The highest BCUT2D eigenvalue weighted by Crippen LogP contribution is 2.32. The van der Waals surface area contributed by atoms with E-state index in [0.717, 1.165) is 50.6 Å². The Hall–Kier alpha value is -0.170. The Balaban J connectivity index is 0.00000208. The van der Waals surface area contributed by atoms with Gasteiger partial charge in [0.2, 0.25) is 0 Å². The summed E-state index contributed by atoms with van der Waals surface area (Å²) in [6.45, 7) is 5.76. The third-order valence-corrected chi connectivity index (χ3v) is 6.11. The van der Waals surface area contributed by atoms with Gasteiger partial charge in [-0.3, -0.25) is 9.69 Å². The summed E-state index contributed by atoms with van der Waals surface area (Å²) in [6, 6.07) is 3.95. The first-order valence-corrected chi connectivity index (χ1v) is 9.85. The molecule has 2 heterocycles. The van der Waals surface area contributed by atoms with E-state index in [4.69, 9.17) is 23.2 Å². The zero-order valence-corrected chi connectivity index (χ0v) is 16.7. The monoisotopic (exact) mass is 409 g/mol. The van der Waals surface area contributed by atoms with Crippen molar-refractivity contribution >= 4 is 53.3 Å². The molecule has 2 fully saturated rings. The zero-order chi connectivity index (χ0) is 16.4. The number of nitrogens with one attached hydrogen (secondary N) is 1. The lowest BCUT2D eigenvalue weighted by atomic mass is 10.2. The van der Waals surface area contributed by atoms with E-state index in [1.807, 2.05) is 17.2 Å². The van der Waals surface area contributed by atoms with Gasteiger partial charge >= 0.3 is 0 Å². The molecule has 0 aromatic heterocycles. The number of hydrogen-bond acceptors (Lipinski definition) is 4. The minimum atomic E-state index is 0. The average molecular weight is 411 g/mol. The van der Waals surface area contributed by atoms with Crippen LogP contribution in [-0.2, 0) is 0 Å². The van der Waals surface area contributed by atoms with Gasteiger partial charge in [-0.05, 0) is 24.8 Å². The van der Waals surface area contributed by atoms with E-state index in [-0.39, 0.29) is 18.3 Å². The first kappa shape index (κ1) is 20.1. The summed E-state index contributed by atoms with van der Waals surface area (Å²) < 4.78 is 0. The van der Waals surface area contributed by atoms with Crippen LogP contribution < -0.4 is 5.32 Å². The number of hydrogen-bond donors (Lipinski definition) is 1. The highest BCUT2D eigenvalue weighted by atomic mass is 35.5. The lowest BCUT2D eigenvalue weighted by Crippen LogP contribution is -2.49. The molecule has 0 spiro atoms. The van der Waals surface area contributed by atoms with Crippen molar-refractivity contribution in [2.24, 2.45) is 0 Å². The highest BCUT2D eigenvalue weighted by molar-refractivity contribution is 7.98. The van der Waals surface area contributed by atoms with Crippen molar-refractivity contribution in [2.45, 2.75) is 17.4 Å². The van der Waals surface area contributed by atoms with Crippen LogP contribution in [0.25, 0.3) is 0 Å². The SMILES string of the molecule is CSc1cc(C(=O)N2CCC(N3CCNCC3)C2)c(Cl)cc1Cl.Cl. The van der Waals surface area contributed by atoms with Crippen molar-refractivity contribution < 1.29 is 4.79 Å². The van der Waals surface area contributed by atoms with Crippen molar-refractivity contribution in [3.8, 4) is 0 Å². The van der Waals surface area contributed by atoms with Crippen molar-refractivity contribution in [3.63, 3.8) is 0 Å². The Labute approximate surface area is 163 Å². The fraction of sp³-hybridized carbons (Fsp3) is 0.562. The Morgan fingerprint density at radius 2 is 1.92 bits per heavy atom. The van der Waals surface area contributed by atoms with E-state index in [0.29, 0.717) is 21.7 Å². The van der Waals surface area contributed by atoms with Gasteiger partial charge in [-0.15, -0.1) is 24.2 Å². The maximum absolute atomic E-state index is 12.8. The molecule has 1 amide bonds. The van der Waals surface area contributed by atoms with Crippen LogP contribution >= 0.6 is 47.4 Å². The summed E-state index contributed by atoms with van der Waals surface area (Å²) in [5.74, 6) is 0.0135. The molecule has 1 unspecified atom stereocenters. The van der Waals surface area contributed by atoms with Gasteiger partial charge in [0.15, 0.2) is 0 Å². The van der Waals surface area contributed by atoms with E-state index < -0.39 is 0 Å². The molecule has 0 radical (unpaired) electrons. The highest BCUT2D eigenvalue weighted by Gasteiger charge is 2.32. The Morgan fingerprint density at radius 3 is 2.58 bits per heavy atom. The van der Waals surface area contributed by atoms with Gasteiger partial charge in [0.1, 0.15) is 0 Å². The molecular weight excluding hydrogens is 389 g/mol. The van der Waals surface area contributed by atoms with E-state index in [1.54, 1.807) is 6.07 Å². The molecule has 2 saturated heterocycles. The number of thioether (sulfide) groups is 1. The van der Waals surface area contributed by atoms with E-state index in [2.05, 4.69) is 10.2 Å². The minimum Gasteiger partial charge on any atom is -0.337 e. The third-order valence-electron chi connectivity index (χ3n) is 4.59. The van der Waals surface area contributed by atoms with Crippen LogP contribution in [0.4, 0.5) is 0 Å². The average Bonchev–Trinajstić information content (AvgIpc) is 3.05. The van der Waals surface area contributed by atoms with Crippen molar-refractivity contribution in [2.75, 3.05) is 45.5 Å². The quantitative estimate of drug-likeness (QED) is 0.776. The van der Waals surface area contributed by atoms with Crippen LogP contribution in [0.3, 0.4) is 0 Å². The van der Waals surface area contributed by atoms with Crippen LogP contribution in [-0.4, -0.2) is 67.3 Å². The second-order valence-corrected chi connectivity index (χ2v) is 7.61. The fourth-order valence-electron chi connectivity index (χ4n) is 3.29. The summed E-state index contributed by atoms with van der Waals surface area (Å²) in [6.07, 6.45) is 2.98. The van der Waals surface area contributed by atoms with Gasteiger partial charge in [0.25, 0.3) is 5.91 Å². The maximum Gasteiger partial charge on any atom is 0.255 e. The summed E-state index contributed by atoms with van der Waals surface area (Å²) >= 11 is 13.9. The molecule has 1 atom stereocenters. The molecule has 0 bridgehead atoms.